The van der Waals surface area contributed by atoms with E-state index in [0.717, 1.165) is 10.5 Å². The summed E-state index contributed by atoms with van der Waals surface area (Å²) in [6.07, 6.45) is 0.564. The number of hydrogen-bond donors (Lipinski definition) is 2. The summed E-state index contributed by atoms with van der Waals surface area (Å²) >= 11 is 1.43. The maximum atomic E-state index is 12.4. The summed E-state index contributed by atoms with van der Waals surface area (Å²) in [5.41, 5.74) is 0.959. The van der Waals surface area contributed by atoms with Crippen LogP contribution in [0.15, 0.2) is 10.5 Å². The minimum absolute atomic E-state index is 0.0637. The molecule has 1 aliphatic heterocycles. The van der Waals surface area contributed by atoms with Crippen molar-refractivity contribution in [3.8, 4) is 0 Å². The van der Waals surface area contributed by atoms with Crippen LogP contribution in [0.1, 0.15) is 33.6 Å². The van der Waals surface area contributed by atoms with Crippen LogP contribution in [0.2, 0.25) is 0 Å². The van der Waals surface area contributed by atoms with Gasteiger partial charge in [-0.3, -0.25) is 14.9 Å². The normalized spacial score (nSPS) is 28.7. The molecule has 1 aliphatic carbocycles. The number of aliphatic hydroxyl groups excluding tert-OH is 1. The maximum absolute atomic E-state index is 12.4. The van der Waals surface area contributed by atoms with Gasteiger partial charge in [0.25, 0.3) is 0 Å². The summed E-state index contributed by atoms with van der Waals surface area (Å²) < 4.78 is 0. The lowest BCUT2D eigenvalue weighted by atomic mass is 9.84. The zero-order chi connectivity index (χ0) is 17.3. The van der Waals surface area contributed by atoms with E-state index in [0.29, 0.717) is 18.6 Å². The van der Waals surface area contributed by atoms with Crippen LogP contribution in [0.25, 0.3) is 0 Å². The molecule has 1 fully saturated rings. The van der Waals surface area contributed by atoms with Crippen molar-refractivity contribution < 1.29 is 19.5 Å². The lowest BCUT2D eigenvalue weighted by Crippen LogP contribution is -2.59. The molecule has 3 amide bonds. The number of urea groups is 1. The van der Waals surface area contributed by atoms with E-state index in [-0.39, 0.29) is 23.7 Å². The molecular formula is C16H24N2O4S. The molecule has 0 aromatic heterocycles. The highest BCUT2D eigenvalue weighted by molar-refractivity contribution is 8.03. The number of nitrogens with zero attached hydrogens (tertiary/aromatic N) is 1. The fraction of sp³-hybridized carbons (Fsp3) is 0.688. The number of hydrogen-bond acceptors (Lipinski definition) is 5. The predicted molar refractivity (Wildman–Crippen MR) is 88.8 cm³/mol. The minimum Gasteiger partial charge on any atom is -0.393 e. The van der Waals surface area contributed by atoms with Crippen molar-refractivity contribution in [2.45, 2.75) is 45.8 Å². The highest BCUT2D eigenvalue weighted by Gasteiger charge is 2.51. The highest BCUT2D eigenvalue weighted by atomic mass is 32.2. The van der Waals surface area contributed by atoms with Crippen molar-refractivity contribution in [2.24, 2.45) is 11.8 Å². The maximum Gasteiger partial charge on any atom is 0.324 e. The number of amides is 3. The molecule has 0 aromatic rings. The van der Waals surface area contributed by atoms with E-state index in [2.05, 4.69) is 5.32 Å². The number of allylic oxidation sites excluding steroid dienone is 1. The summed E-state index contributed by atoms with van der Waals surface area (Å²) in [5, 5.41) is 12.5. The summed E-state index contributed by atoms with van der Waals surface area (Å²) in [6.45, 7) is 5.34. The standard InChI is InChI=1S/C16H24N2O4S/c1-5-10(20)6-11-12-13(18(4)16(22)17-15(12)21)9(3)14(11)23-7-8(2)19/h10-13,20H,5-7H2,1-4H3,(H,17,21,22). The van der Waals surface area contributed by atoms with Crippen molar-refractivity contribution in [3.63, 3.8) is 0 Å². The first kappa shape index (κ1) is 18.0. The zero-order valence-corrected chi connectivity index (χ0v) is 14.8. The quantitative estimate of drug-likeness (QED) is 0.766. The van der Waals surface area contributed by atoms with E-state index < -0.39 is 18.1 Å². The van der Waals surface area contributed by atoms with Crippen LogP contribution >= 0.6 is 11.8 Å². The van der Waals surface area contributed by atoms with Gasteiger partial charge in [-0.05, 0) is 37.2 Å². The molecule has 2 aliphatic rings. The molecule has 0 spiro atoms. The number of carbonyl (C=O) groups excluding carboxylic acids is 3. The average Bonchev–Trinajstić information content (AvgIpc) is 2.75. The summed E-state index contributed by atoms with van der Waals surface area (Å²) in [4.78, 5) is 38.2. The third-order valence-corrected chi connectivity index (χ3v) is 6.13. The first-order chi connectivity index (χ1) is 10.8. The largest absolute Gasteiger partial charge is 0.393 e. The van der Waals surface area contributed by atoms with Crippen molar-refractivity contribution in [1.82, 2.24) is 10.2 Å². The molecule has 128 valence electrons. The van der Waals surface area contributed by atoms with E-state index in [1.54, 1.807) is 11.9 Å². The topological polar surface area (TPSA) is 86.7 Å². The van der Waals surface area contributed by atoms with Crippen molar-refractivity contribution in [2.75, 3.05) is 12.8 Å². The van der Waals surface area contributed by atoms with Gasteiger partial charge in [0.1, 0.15) is 5.78 Å². The Balaban J connectivity index is 2.36. The summed E-state index contributed by atoms with van der Waals surface area (Å²) in [6, 6.07) is -0.692. The Labute approximate surface area is 140 Å². The number of imide groups is 1. The van der Waals surface area contributed by atoms with E-state index >= 15 is 0 Å². The fourth-order valence-corrected chi connectivity index (χ4v) is 4.63. The van der Waals surface area contributed by atoms with Gasteiger partial charge in [0.05, 0.1) is 23.8 Å². The molecule has 6 nitrogen and oxygen atoms in total. The number of aliphatic hydroxyl groups is 1. The SMILES string of the molecule is CCC(O)CC1C(SCC(C)=O)=C(C)C2C1C(=O)NC(=O)N2C. The van der Waals surface area contributed by atoms with Crippen LogP contribution in [-0.4, -0.2) is 52.7 Å². The van der Waals surface area contributed by atoms with Gasteiger partial charge in [-0.1, -0.05) is 6.92 Å². The molecule has 2 rings (SSSR count). The first-order valence-corrected chi connectivity index (χ1v) is 8.85. The third-order valence-electron chi connectivity index (χ3n) is 4.64. The highest BCUT2D eigenvalue weighted by Crippen LogP contribution is 2.48. The van der Waals surface area contributed by atoms with Gasteiger partial charge >= 0.3 is 6.03 Å². The Morgan fingerprint density at radius 3 is 2.65 bits per heavy atom. The number of thioether (sulfide) groups is 1. The average molecular weight is 340 g/mol. The van der Waals surface area contributed by atoms with Gasteiger partial charge in [0, 0.05) is 13.0 Å². The van der Waals surface area contributed by atoms with Crippen LogP contribution in [0.5, 0.6) is 0 Å². The number of ketones is 1. The monoisotopic (exact) mass is 340 g/mol. The van der Waals surface area contributed by atoms with E-state index in [1.807, 2.05) is 13.8 Å². The van der Waals surface area contributed by atoms with E-state index in [9.17, 15) is 19.5 Å². The first-order valence-electron chi connectivity index (χ1n) is 7.86. The fourth-order valence-electron chi connectivity index (χ4n) is 3.47. The molecule has 2 N–H and O–H groups in total. The smallest absolute Gasteiger partial charge is 0.324 e. The number of Topliss-reactive ketones (excluding diaryl/α,β-unsaturated/α-hetero) is 1. The van der Waals surface area contributed by atoms with Crippen LogP contribution in [0.4, 0.5) is 4.79 Å². The molecule has 0 aromatic carbocycles. The Morgan fingerprint density at radius 1 is 1.43 bits per heavy atom. The van der Waals surface area contributed by atoms with Crippen LogP contribution < -0.4 is 5.32 Å². The second-order valence-electron chi connectivity index (χ2n) is 6.32. The Kier molecular flexibility index (Phi) is 5.52. The molecular weight excluding hydrogens is 316 g/mol. The zero-order valence-electron chi connectivity index (χ0n) is 14.0. The van der Waals surface area contributed by atoms with Crippen molar-refractivity contribution in [3.05, 3.63) is 10.5 Å². The molecule has 0 saturated carbocycles. The van der Waals surface area contributed by atoms with Gasteiger partial charge in [-0.25, -0.2) is 4.79 Å². The Bertz CT molecular complexity index is 560. The number of rotatable bonds is 6. The number of carbonyl (C=O) groups is 3. The lowest BCUT2D eigenvalue weighted by Gasteiger charge is -2.37. The Morgan fingerprint density at radius 2 is 2.09 bits per heavy atom. The Hall–Kier alpha value is -1.34. The second kappa shape index (κ2) is 7.05. The van der Waals surface area contributed by atoms with Crippen molar-refractivity contribution in [1.29, 1.82) is 0 Å². The predicted octanol–water partition coefficient (Wildman–Crippen LogP) is 1.54. The summed E-state index contributed by atoms with van der Waals surface area (Å²) in [7, 11) is 1.68. The molecule has 4 unspecified atom stereocenters. The van der Waals surface area contributed by atoms with E-state index in [4.69, 9.17) is 0 Å². The molecule has 4 atom stereocenters. The minimum atomic E-state index is -0.504. The summed E-state index contributed by atoms with van der Waals surface area (Å²) in [5.74, 6) is -0.439. The van der Waals surface area contributed by atoms with Gasteiger partial charge in [0.15, 0.2) is 0 Å². The molecule has 1 heterocycles. The second-order valence-corrected chi connectivity index (χ2v) is 7.34. The van der Waals surface area contributed by atoms with Gasteiger partial charge in [0.2, 0.25) is 5.91 Å². The van der Waals surface area contributed by atoms with E-state index in [1.165, 1.54) is 18.7 Å². The number of nitrogens with one attached hydrogen (secondary N) is 1. The van der Waals surface area contributed by atoms with Gasteiger partial charge in [-0.15, -0.1) is 11.8 Å². The number of likely N-dealkylation sites (N-methyl/N-ethyl adjacent to an activating group) is 1. The third kappa shape index (κ3) is 3.45. The lowest BCUT2D eigenvalue weighted by molar-refractivity contribution is -0.128. The van der Waals surface area contributed by atoms with Crippen LogP contribution in [0.3, 0.4) is 0 Å². The number of fused-ring (bicyclic) bond motifs is 1. The molecule has 0 radical (unpaired) electrons. The van der Waals surface area contributed by atoms with Crippen LogP contribution in [-0.2, 0) is 9.59 Å². The van der Waals surface area contributed by atoms with Gasteiger partial charge < -0.3 is 10.0 Å². The van der Waals surface area contributed by atoms with Crippen LogP contribution in [0, 0.1) is 11.8 Å². The molecule has 23 heavy (non-hydrogen) atoms. The van der Waals surface area contributed by atoms with Crippen molar-refractivity contribution >= 4 is 29.5 Å². The molecule has 1 saturated heterocycles. The molecule has 0 bridgehead atoms. The molecule has 7 heteroatoms. The van der Waals surface area contributed by atoms with Gasteiger partial charge in [-0.2, -0.15) is 0 Å².